The van der Waals surface area contributed by atoms with Gasteiger partial charge in [0.25, 0.3) is 0 Å². The Hall–Kier alpha value is -0.290. The molecule has 1 aliphatic rings. The van der Waals surface area contributed by atoms with E-state index in [4.69, 9.17) is 4.74 Å². The first-order valence-corrected chi connectivity index (χ1v) is 7.88. The van der Waals surface area contributed by atoms with Gasteiger partial charge in [-0.2, -0.15) is 13.2 Å². The van der Waals surface area contributed by atoms with E-state index < -0.39 is 12.6 Å². The molecule has 3 atom stereocenters. The zero-order valence-corrected chi connectivity index (χ0v) is 12.6. The van der Waals surface area contributed by atoms with Gasteiger partial charge in [-0.05, 0) is 38.1 Å². The minimum Gasteiger partial charge on any atom is -0.376 e. The van der Waals surface area contributed by atoms with E-state index >= 15 is 0 Å². The molecule has 1 saturated carbocycles. The van der Waals surface area contributed by atoms with Gasteiger partial charge in [0.1, 0.15) is 0 Å². The SMILES string of the molecule is CCCNC1CCC(CCC)CC1OCCC(F)(F)F. The minimum absolute atomic E-state index is 0.0609. The van der Waals surface area contributed by atoms with E-state index in [1.54, 1.807) is 0 Å². The lowest BCUT2D eigenvalue weighted by molar-refractivity contribution is -0.152. The second-order valence-electron chi connectivity index (χ2n) is 5.80. The highest BCUT2D eigenvalue weighted by atomic mass is 19.4. The zero-order valence-electron chi connectivity index (χ0n) is 12.6. The number of alkyl halides is 3. The second kappa shape index (κ2) is 8.88. The average Bonchev–Trinajstić information content (AvgIpc) is 2.37. The normalized spacial score (nSPS) is 27.8. The van der Waals surface area contributed by atoms with E-state index in [9.17, 15) is 13.2 Å². The molecule has 0 aliphatic heterocycles. The van der Waals surface area contributed by atoms with Gasteiger partial charge in [0, 0.05) is 6.04 Å². The maximum Gasteiger partial charge on any atom is 0.391 e. The first-order valence-electron chi connectivity index (χ1n) is 7.88. The van der Waals surface area contributed by atoms with Crippen LogP contribution in [0.2, 0.25) is 0 Å². The summed E-state index contributed by atoms with van der Waals surface area (Å²) < 4.78 is 42.2. The van der Waals surface area contributed by atoms with Gasteiger partial charge in [-0.1, -0.05) is 26.7 Å². The highest BCUT2D eigenvalue weighted by molar-refractivity contribution is 4.85. The van der Waals surface area contributed by atoms with Gasteiger partial charge in [-0.3, -0.25) is 0 Å². The predicted octanol–water partition coefficient (Wildman–Crippen LogP) is 4.29. The summed E-state index contributed by atoms with van der Waals surface area (Å²) in [6.45, 7) is 4.94. The van der Waals surface area contributed by atoms with Crippen LogP contribution in [0.15, 0.2) is 0 Å². The molecule has 1 aliphatic carbocycles. The summed E-state index contributed by atoms with van der Waals surface area (Å²) in [5.41, 5.74) is 0. The third kappa shape index (κ3) is 6.93. The van der Waals surface area contributed by atoms with Crippen molar-refractivity contribution in [1.29, 1.82) is 0 Å². The Morgan fingerprint density at radius 2 is 1.90 bits per heavy atom. The summed E-state index contributed by atoms with van der Waals surface area (Å²) in [6.07, 6.45) is 1.36. The molecule has 2 nitrogen and oxygen atoms in total. The Kier molecular flexibility index (Phi) is 7.88. The van der Waals surface area contributed by atoms with Crippen LogP contribution in [0.3, 0.4) is 0 Å². The predicted molar refractivity (Wildman–Crippen MR) is 74.7 cm³/mol. The van der Waals surface area contributed by atoms with E-state index in [0.717, 1.165) is 45.1 Å². The van der Waals surface area contributed by atoms with Gasteiger partial charge in [-0.25, -0.2) is 0 Å². The van der Waals surface area contributed by atoms with E-state index in [1.807, 2.05) is 0 Å². The molecule has 1 N–H and O–H groups in total. The fourth-order valence-electron chi connectivity index (χ4n) is 2.96. The molecular formula is C15H28F3NO. The van der Waals surface area contributed by atoms with Crippen molar-refractivity contribution in [3.8, 4) is 0 Å². The van der Waals surface area contributed by atoms with Crippen LogP contribution in [-0.2, 0) is 4.74 Å². The Bertz CT molecular complexity index is 258. The molecule has 1 rings (SSSR count). The van der Waals surface area contributed by atoms with Crippen LogP contribution in [0.25, 0.3) is 0 Å². The maximum absolute atomic E-state index is 12.2. The fraction of sp³-hybridized carbons (Fsp3) is 1.00. The van der Waals surface area contributed by atoms with Crippen LogP contribution in [0, 0.1) is 5.92 Å². The molecule has 0 saturated heterocycles. The molecule has 0 aromatic rings. The molecule has 0 amide bonds. The molecule has 1 fully saturated rings. The standard InChI is InChI=1S/C15H28F3NO/c1-3-5-12-6-7-13(19-9-4-2)14(11-12)20-10-8-15(16,17)18/h12-14,19H,3-11H2,1-2H3. The summed E-state index contributed by atoms with van der Waals surface area (Å²) in [7, 11) is 0. The Morgan fingerprint density at radius 1 is 1.15 bits per heavy atom. The molecule has 0 aromatic heterocycles. The Balaban J connectivity index is 2.43. The van der Waals surface area contributed by atoms with Crippen molar-refractivity contribution in [1.82, 2.24) is 5.32 Å². The number of ether oxygens (including phenoxy) is 1. The summed E-state index contributed by atoms with van der Waals surface area (Å²) in [5, 5.41) is 3.43. The molecule has 20 heavy (non-hydrogen) atoms. The summed E-state index contributed by atoms with van der Waals surface area (Å²) >= 11 is 0. The third-order valence-corrected chi connectivity index (χ3v) is 3.97. The molecule has 0 spiro atoms. The van der Waals surface area contributed by atoms with Gasteiger partial charge in [0.05, 0.1) is 19.1 Å². The number of halogens is 3. The lowest BCUT2D eigenvalue weighted by atomic mass is 9.81. The number of nitrogens with one attached hydrogen (secondary N) is 1. The van der Waals surface area contributed by atoms with Crippen LogP contribution in [-0.4, -0.2) is 31.5 Å². The molecule has 0 heterocycles. The quantitative estimate of drug-likeness (QED) is 0.721. The number of hydrogen-bond acceptors (Lipinski definition) is 2. The number of rotatable bonds is 8. The topological polar surface area (TPSA) is 21.3 Å². The first-order chi connectivity index (χ1) is 9.46. The third-order valence-electron chi connectivity index (χ3n) is 3.97. The van der Waals surface area contributed by atoms with Gasteiger partial charge in [0.2, 0.25) is 0 Å². The largest absolute Gasteiger partial charge is 0.391 e. The molecule has 3 unspecified atom stereocenters. The molecule has 0 radical (unpaired) electrons. The number of hydrogen-bond donors (Lipinski definition) is 1. The lowest BCUT2D eigenvalue weighted by Crippen LogP contribution is -2.46. The molecular weight excluding hydrogens is 267 g/mol. The monoisotopic (exact) mass is 295 g/mol. The van der Waals surface area contributed by atoms with Crippen LogP contribution < -0.4 is 5.32 Å². The highest BCUT2D eigenvalue weighted by Gasteiger charge is 2.32. The van der Waals surface area contributed by atoms with Crippen LogP contribution >= 0.6 is 0 Å². The van der Waals surface area contributed by atoms with Crippen molar-refractivity contribution in [2.24, 2.45) is 5.92 Å². The van der Waals surface area contributed by atoms with Crippen LogP contribution in [0.1, 0.15) is 58.8 Å². The van der Waals surface area contributed by atoms with Crippen molar-refractivity contribution in [2.75, 3.05) is 13.2 Å². The molecule has 0 bridgehead atoms. The Labute approximate surface area is 120 Å². The van der Waals surface area contributed by atoms with E-state index in [0.29, 0.717) is 5.92 Å². The smallest absolute Gasteiger partial charge is 0.376 e. The van der Waals surface area contributed by atoms with Gasteiger partial charge in [-0.15, -0.1) is 0 Å². The van der Waals surface area contributed by atoms with Crippen molar-refractivity contribution >= 4 is 0 Å². The summed E-state index contributed by atoms with van der Waals surface area (Å²) in [5.74, 6) is 0.607. The summed E-state index contributed by atoms with van der Waals surface area (Å²) in [4.78, 5) is 0. The minimum atomic E-state index is -4.12. The van der Waals surface area contributed by atoms with Gasteiger partial charge < -0.3 is 10.1 Å². The van der Waals surface area contributed by atoms with E-state index in [1.165, 1.54) is 0 Å². The molecule has 5 heteroatoms. The van der Waals surface area contributed by atoms with E-state index in [-0.39, 0.29) is 18.8 Å². The maximum atomic E-state index is 12.2. The summed E-state index contributed by atoms with van der Waals surface area (Å²) in [6, 6.07) is 0.219. The molecule has 0 aromatic carbocycles. The molecule has 120 valence electrons. The van der Waals surface area contributed by atoms with E-state index in [2.05, 4.69) is 19.2 Å². The fourth-order valence-corrected chi connectivity index (χ4v) is 2.96. The van der Waals surface area contributed by atoms with Crippen molar-refractivity contribution < 1.29 is 17.9 Å². The first kappa shape index (κ1) is 17.8. The average molecular weight is 295 g/mol. The van der Waals surface area contributed by atoms with Crippen LogP contribution in [0.4, 0.5) is 13.2 Å². The van der Waals surface area contributed by atoms with Crippen molar-refractivity contribution in [3.63, 3.8) is 0 Å². The second-order valence-corrected chi connectivity index (χ2v) is 5.80. The van der Waals surface area contributed by atoms with Crippen LogP contribution in [0.5, 0.6) is 0 Å². The van der Waals surface area contributed by atoms with Crippen molar-refractivity contribution in [2.45, 2.75) is 77.1 Å². The lowest BCUT2D eigenvalue weighted by Gasteiger charge is -2.36. The Morgan fingerprint density at radius 3 is 2.50 bits per heavy atom. The van der Waals surface area contributed by atoms with Gasteiger partial charge >= 0.3 is 6.18 Å². The highest BCUT2D eigenvalue weighted by Crippen LogP contribution is 2.30. The van der Waals surface area contributed by atoms with Crippen molar-refractivity contribution in [3.05, 3.63) is 0 Å². The van der Waals surface area contributed by atoms with Gasteiger partial charge in [0.15, 0.2) is 0 Å². The zero-order chi connectivity index (χ0) is 15.0.